The molecule has 0 saturated carbocycles. The molecule has 5 heteroatoms. The van der Waals surface area contributed by atoms with Crippen molar-refractivity contribution in [1.29, 1.82) is 0 Å². The molecule has 0 radical (unpaired) electrons. The average molecular weight is 143 g/mol. The van der Waals surface area contributed by atoms with E-state index in [9.17, 15) is 0 Å². The lowest BCUT2D eigenvalue weighted by molar-refractivity contribution is 0.353. The van der Waals surface area contributed by atoms with Crippen LogP contribution < -0.4 is 5.73 Å². The highest BCUT2D eigenvalue weighted by atomic mass is 15.2. The van der Waals surface area contributed by atoms with Crippen LogP contribution in [0.5, 0.6) is 0 Å². The highest BCUT2D eigenvalue weighted by Gasteiger charge is 1.92. The smallest absolute Gasteiger partial charge is 0.0385 e. The molecule has 0 rings (SSSR count). The first-order valence-corrected chi connectivity index (χ1v) is 3.20. The molecule has 10 heavy (non-hydrogen) atoms. The Morgan fingerprint density at radius 2 is 2.30 bits per heavy atom. The fraction of sp³-hybridized carbons (Fsp3) is 1.00. The number of hydrogen-bond acceptors (Lipinski definition) is 3. The van der Waals surface area contributed by atoms with Gasteiger partial charge in [-0.2, -0.15) is 0 Å². The van der Waals surface area contributed by atoms with E-state index in [-0.39, 0.29) is 0 Å². The first-order valence-electron chi connectivity index (χ1n) is 3.20. The van der Waals surface area contributed by atoms with Crippen molar-refractivity contribution in [1.82, 2.24) is 4.90 Å². The molecule has 0 aliphatic rings. The van der Waals surface area contributed by atoms with Gasteiger partial charge in [-0.05, 0) is 12.6 Å². The summed E-state index contributed by atoms with van der Waals surface area (Å²) in [6.07, 6.45) is 0. The maximum Gasteiger partial charge on any atom is 0.0385 e. The van der Waals surface area contributed by atoms with Gasteiger partial charge in [0.1, 0.15) is 0 Å². The molecule has 0 aromatic heterocycles. The van der Waals surface area contributed by atoms with E-state index in [4.69, 9.17) is 11.3 Å². The maximum atomic E-state index is 7.92. The Morgan fingerprint density at radius 1 is 1.60 bits per heavy atom. The Labute approximate surface area is 60.4 Å². The van der Waals surface area contributed by atoms with Gasteiger partial charge < -0.3 is 10.6 Å². The van der Waals surface area contributed by atoms with Crippen molar-refractivity contribution in [3.05, 3.63) is 10.4 Å². The third-order valence-corrected chi connectivity index (χ3v) is 1.16. The minimum Gasteiger partial charge on any atom is -0.329 e. The summed E-state index contributed by atoms with van der Waals surface area (Å²) in [7, 11) is 1.94. The molecule has 2 N–H and O–H groups in total. The van der Waals surface area contributed by atoms with Crippen molar-refractivity contribution < 1.29 is 0 Å². The summed E-state index contributed by atoms with van der Waals surface area (Å²) in [5.41, 5.74) is 13.2. The Kier molecular flexibility index (Phi) is 5.86. The number of hydrogen-bond donors (Lipinski definition) is 1. The van der Waals surface area contributed by atoms with Gasteiger partial charge in [0, 0.05) is 31.1 Å². The van der Waals surface area contributed by atoms with Crippen molar-refractivity contribution in [3.8, 4) is 0 Å². The fourth-order valence-corrected chi connectivity index (χ4v) is 0.592. The van der Waals surface area contributed by atoms with Crippen molar-refractivity contribution >= 4 is 0 Å². The second kappa shape index (κ2) is 6.35. The molecular formula is C5H13N5. The fourth-order valence-electron chi connectivity index (χ4n) is 0.592. The highest BCUT2D eigenvalue weighted by molar-refractivity contribution is 4.54. The van der Waals surface area contributed by atoms with Crippen LogP contribution in [0.15, 0.2) is 5.11 Å². The van der Waals surface area contributed by atoms with E-state index in [0.717, 1.165) is 13.1 Å². The van der Waals surface area contributed by atoms with E-state index in [0.29, 0.717) is 13.1 Å². The predicted molar refractivity (Wildman–Crippen MR) is 40.6 cm³/mol. The maximum absolute atomic E-state index is 7.92. The zero-order valence-corrected chi connectivity index (χ0v) is 6.19. The zero-order valence-electron chi connectivity index (χ0n) is 6.19. The normalized spacial score (nSPS) is 9.50. The molecule has 0 unspecified atom stereocenters. The van der Waals surface area contributed by atoms with E-state index in [1.807, 2.05) is 11.9 Å². The molecule has 0 bridgehead atoms. The highest BCUT2D eigenvalue weighted by Crippen LogP contribution is 1.80. The Balaban J connectivity index is 3.20. The SMILES string of the molecule is CN(CCN)CCN=[N+]=[N-]. The molecule has 0 aliphatic heterocycles. The van der Waals surface area contributed by atoms with E-state index in [2.05, 4.69) is 10.0 Å². The minimum absolute atomic E-state index is 0.521. The Bertz CT molecular complexity index is 117. The van der Waals surface area contributed by atoms with Crippen LogP contribution in [-0.2, 0) is 0 Å². The Morgan fingerprint density at radius 3 is 2.80 bits per heavy atom. The number of rotatable bonds is 5. The van der Waals surface area contributed by atoms with Gasteiger partial charge >= 0.3 is 0 Å². The largest absolute Gasteiger partial charge is 0.329 e. The lowest BCUT2D eigenvalue weighted by Crippen LogP contribution is -2.27. The van der Waals surface area contributed by atoms with Crippen LogP contribution in [0, 0.1) is 0 Å². The van der Waals surface area contributed by atoms with Crippen LogP contribution >= 0.6 is 0 Å². The van der Waals surface area contributed by atoms with Gasteiger partial charge in [-0.15, -0.1) is 0 Å². The number of nitrogens with two attached hydrogens (primary N) is 1. The predicted octanol–water partition coefficient (Wildman–Crippen LogP) is 0.187. The van der Waals surface area contributed by atoms with Crippen molar-refractivity contribution in [2.24, 2.45) is 10.8 Å². The van der Waals surface area contributed by atoms with Gasteiger partial charge in [-0.25, -0.2) is 0 Å². The Hall–Kier alpha value is -0.770. The number of likely N-dealkylation sites (N-methyl/N-ethyl adjacent to an activating group) is 1. The van der Waals surface area contributed by atoms with Gasteiger partial charge in [0.05, 0.1) is 0 Å². The third kappa shape index (κ3) is 5.37. The first kappa shape index (κ1) is 9.23. The van der Waals surface area contributed by atoms with Crippen LogP contribution in [-0.4, -0.2) is 38.1 Å². The molecule has 0 fully saturated rings. The molecule has 0 heterocycles. The molecule has 0 aliphatic carbocycles. The second-order valence-electron chi connectivity index (χ2n) is 2.05. The topological polar surface area (TPSA) is 78.0 Å². The quantitative estimate of drug-likeness (QED) is 0.338. The van der Waals surface area contributed by atoms with Crippen LogP contribution in [0.4, 0.5) is 0 Å². The van der Waals surface area contributed by atoms with Crippen LogP contribution in [0.1, 0.15) is 0 Å². The van der Waals surface area contributed by atoms with Gasteiger partial charge in [0.25, 0.3) is 0 Å². The van der Waals surface area contributed by atoms with E-state index in [1.165, 1.54) is 0 Å². The molecule has 0 amide bonds. The van der Waals surface area contributed by atoms with Gasteiger partial charge in [-0.1, -0.05) is 5.11 Å². The standard InChI is InChI=1S/C5H13N5/c1-10(4-2-6)5-3-8-9-7/h2-6H2,1H3. The van der Waals surface area contributed by atoms with Crippen LogP contribution in [0.2, 0.25) is 0 Å². The molecular weight excluding hydrogens is 130 g/mol. The van der Waals surface area contributed by atoms with Gasteiger partial charge in [0.15, 0.2) is 0 Å². The summed E-state index contributed by atoms with van der Waals surface area (Å²) in [5.74, 6) is 0. The molecule has 5 nitrogen and oxygen atoms in total. The minimum atomic E-state index is 0.521. The second-order valence-corrected chi connectivity index (χ2v) is 2.05. The van der Waals surface area contributed by atoms with E-state index >= 15 is 0 Å². The summed E-state index contributed by atoms with van der Waals surface area (Å²) in [6.45, 7) is 2.79. The lowest BCUT2D eigenvalue weighted by atomic mass is 10.5. The lowest BCUT2D eigenvalue weighted by Gasteiger charge is -2.12. The molecule has 58 valence electrons. The van der Waals surface area contributed by atoms with Gasteiger partial charge in [0.2, 0.25) is 0 Å². The molecule has 0 aromatic carbocycles. The average Bonchev–Trinajstić information content (AvgIpc) is 1.89. The summed E-state index contributed by atoms with van der Waals surface area (Å²) < 4.78 is 0. The molecule has 0 aromatic rings. The number of azide groups is 1. The first-order chi connectivity index (χ1) is 4.81. The molecule has 0 saturated heterocycles. The summed E-state index contributed by atoms with van der Waals surface area (Å²) in [5, 5.41) is 3.39. The number of nitrogens with zero attached hydrogens (tertiary/aromatic N) is 4. The summed E-state index contributed by atoms with van der Waals surface area (Å²) in [6, 6.07) is 0. The van der Waals surface area contributed by atoms with E-state index < -0.39 is 0 Å². The molecule has 0 atom stereocenters. The summed E-state index contributed by atoms with van der Waals surface area (Å²) >= 11 is 0. The van der Waals surface area contributed by atoms with Crippen molar-refractivity contribution in [3.63, 3.8) is 0 Å². The molecule has 0 spiro atoms. The zero-order chi connectivity index (χ0) is 7.82. The van der Waals surface area contributed by atoms with E-state index in [1.54, 1.807) is 0 Å². The monoisotopic (exact) mass is 143 g/mol. The van der Waals surface area contributed by atoms with Crippen LogP contribution in [0.25, 0.3) is 10.4 Å². The van der Waals surface area contributed by atoms with Crippen molar-refractivity contribution in [2.75, 3.05) is 33.2 Å². The third-order valence-electron chi connectivity index (χ3n) is 1.16. The van der Waals surface area contributed by atoms with Gasteiger partial charge in [-0.3, -0.25) is 0 Å². The summed E-state index contributed by atoms with van der Waals surface area (Å²) in [4.78, 5) is 4.66. The van der Waals surface area contributed by atoms with Crippen molar-refractivity contribution in [2.45, 2.75) is 0 Å². The van der Waals surface area contributed by atoms with Crippen LogP contribution in [0.3, 0.4) is 0 Å².